The summed E-state index contributed by atoms with van der Waals surface area (Å²) in [5.74, 6) is 2.04. The van der Waals surface area contributed by atoms with Crippen LogP contribution < -0.4 is 0 Å². The van der Waals surface area contributed by atoms with Gasteiger partial charge in [-0.25, -0.2) is 0 Å². The molecule has 3 nitrogen and oxygen atoms in total. The Labute approximate surface area is 212 Å². The lowest BCUT2D eigenvalue weighted by Crippen LogP contribution is -2.58. The molecule has 0 N–H and O–H groups in total. The van der Waals surface area contributed by atoms with Gasteiger partial charge in [0.25, 0.3) is 0 Å². The van der Waals surface area contributed by atoms with Gasteiger partial charge in [0.05, 0.1) is 0 Å². The van der Waals surface area contributed by atoms with Gasteiger partial charge in [-0.1, -0.05) is 46.3 Å². The van der Waals surface area contributed by atoms with Gasteiger partial charge < -0.3 is 13.6 Å². The molecule has 0 unspecified atom stereocenters. The Balaban J connectivity index is 1.56. The first-order chi connectivity index (χ1) is 15.5. The zero-order valence-corrected chi connectivity index (χ0v) is 25.8. The van der Waals surface area contributed by atoms with E-state index in [0.717, 1.165) is 31.6 Å². The molecule has 0 aromatic heterocycles. The third-order valence-corrected chi connectivity index (χ3v) is 16.7. The normalized spacial score (nSPS) is 42.9. The van der Waals surface area contributed by atoms with E-state index in [-0.39, 0.29) is 10.5 Å². The maximum atomic E-state index is 12.6. The summed E-state index contributed by atoms with van der Waals surface area (Å²) in [7, 11) is -3.57. The topological polar surface area (TPSA) is 35.5 Å². The van der Waals surface area contributed by atoms with Crippen LogP contribution in [0.4, 0.5) is 0 Å². The summed E-state index contributed by atoms with van der Waals surface area (Å²) in [6, 6.07) is 0. The van der Waals surface area contributed by atoms with Crippen LogP contribution in [0.5, 0.6) is 0 Å². The van der Waals surface area contributed by atoms with Gasteiger partial charge in [0.15, 0.2) is 22.9 Å². The molecular weight excluding hydrogens is 452 g/mol. The van der Waals surface area contributed by atoms with Crippen molar-refractivity contribution in [3.8, 4) is 0 Å². The van der Waals surface area contributed by atoms with Gasteiger partial charge >= 0.3 is 0 Å². The highest BCUT2D eigenvalue weighted by Gasteiger charge is 2.65. The summed E-state index contributed by atoms with van der Waals surface area (Å²) in [4.78, 5) is 12.6. The van der Waals surface area contributed by atoms with Crippen molar-refractivity contribution in [1.82, 2.24) is 0 Å². The lowest BCUT2D eigenvalue weighted by Gasteiger charge is -2.59. The number of hydrogen-bond acceptors (Lipinski definition) is 3. The fourth-order valence-corrected chi connectivity index (χ4v) is 11.2. The maximum absolute atomic E-state index is 12.6. The Morgan fingerprint density at radius 2 is 1.62 bits per heavy atom. The number of fused-ring (bicyclic) bond motifs is 5. The largest absolute Gasteiger partial charge is 0.414 e. The molecule has 34 heavy (non-hydrogen) atoms. The number of aldehydes is 1. The smallest absolute Gasteiger partial charge is 0.192 e. The Morgan fingerprint density at radius 1 is 0.971 bits per heavy atom. The fourth-order valence-electron chi connectivity index (χ4n) is 8.29. The predicted molar refractivity (Wildman–Crippen MR) is 147 cm³/mol. The lowest BCUT2D eigenvalue weighted by atomic mass is 9.47. The van der Waals surface area contributed by atoms with Crippen LogP contribution >= 0.6 is 0 Å². The van der Waals surface area contributed by atoms with Crippen LogP contribution in [0.25, 0.3) is 0 Å². The summed E-state index contributed by atoms with van der Waals surface area (Å²) in [6.45, 7) is 23.5. The quantitative estimate of drug-likeness (QED) is 0.215. The average molecular weight is 505 g/mol. The lowest BCUT2D eigenvalue weighted by molar-refractivity contribution is -0.144. The Bertz CT molecular complexity index is 837. The van der Waals surface area contributed by atoms with Crippen molar-refractivity contribution in [2.24, 2.45) is 28.6 Å². The third kappa shape index (κ3) is 4.18. The number of rotatable bonds is 5. The molecule has 0 heterocycles. The van der Waals surface area contributed by atoms with E-state index in [1.54, 1.807) is 5.57 Å². The van der Waals surface area contributed by atoms with Gasteiger partial charge in [-0.05, 0) is 112 Å². The molecule has 0 aromatic carbocycles. The second-order valence-electron chi connectivity index (χ2n) is 15.2. The first-order valence-corrected chi connectivity index (χ1v) is 20.3. The Hall–Kier alpha value is -0.236. The first-order valence-electron chi connectivity index (χ1n) is 14.0. The van der Waals surface area contributed by atoms with E-state index in [2.05, 4.69) is 73.4 Å². The number of carbonyl (C=O) groups excluding carboxylic acids is 1. The van der Waals surface area contributed by atoms with Crippen molar-refractivity contribution >= 4 is 22.9 Å². The molecule has 7 atom stereocenters. The Morgan fingerprint density at radius 3 is 2.21 bits per heavy atom. The van der Waals surface area contributed by atoms with Crippen LogP contribution in [-0.4, -0.2) is 34.6 Å². The number of carbonyl (C=O) groups is 1. The van der Waals surface area contributed by atoms with Gasteiger partial charge in [0, 0.05) is 11.5 Å². The second-order valence-corrected chi connectivity index (χ2v) is 24.4. The van der Waals surface area contributed by atoms with E-state index < -0.39 is 22.2 Å². The molecule has 3 saturated carbocycles. The molecule has 0 spiro atoms. The van der Waals surface area contributed by atoms with Crippen LogP contribution in [0.1, 0.15) is 86.0 Å². The molecule has 0 aromatic rings. The molecule has 5 heteroatoms. The van der Waals surface area contributed by atoms with Gasteiger partial charge in [0.1, 0.15) is 5.60 Å². The summed E-state index contributed by atoms with van der Waals surface area (Å²) in [5, 5.41) is 0.263. The number of hydrogen-bond donors (Lipinski definition) is 0. The van der Waals surface area contributed by atoms with Gasteiger partial charge in [-0.3, -0.25) is 0 Å². The summed E-state index contributed by atoms with van der Waals surface area (Å²) >= 11 is 0. The predicted octanol–water partition coefficient (Wildman–Crippen LogP) is 8.13. The molecule has 0 saturated heterocycles. The summed E-state index contributed by atoms with van der Waals surface area (Å²) in [5.41, 5.74) is 1.42. The zero-order chi connectivity index (χ0) is 25.4. The van der Waals surface area contributed by atoms with Gasteiger partial charge in [-0.2, -0.15) is 0 Å². The molecular formula is C29H52O3Si2. The van der Waals surface area contributed by atoms with Crippen LogP contribution in [-0.2, 0) is 13.6 Å². The third-order valence-electron chi connectivity index (χ3n) is 11.2. The summed E-state index contributed by atoms with van der Waals surface area (Å²) in [6.07, 6.45) is 13.4. The monoisotopic (exact) mass is 504 g/mol. The van der Waals surface area contributed by atoms with Crippen molar-refractivity contribution in [1.29, 1.82) is 0 Å². The van der Waals surface area contributed by atoms with Crippen molar-refractivity contribution < 1.29 is 13.6 Å². The van der Waals surface area contributed by atoms with E-state index in [0.29, 0.717) is 23.4 Å². The van der Waals surface area contributed by atoms with Crippen molar-refractivity contribution in [2.75, 3.05) is 0 Å². The fraction of sp³-hybridized carbons (Fsp3) is 0.897. The molecule has 3 fully saturated rings. The highest BCUT2D eigenvalue weighted by Crippen LogP contribution is 2.68. The molecule has 0 bridgehead atoms. The van der Waals surface area contributed by atoms with E-state index in [1.165, 1.54) is 32.0 Å². The molecule has 4 rings (SSSR count). The molecule has 0 amide bonds. The van der Waals surface area contributed by atoms with Crippen molar-refractivity contribution in [3.05, 3.63) is 11.6 Å². The standard InChI is InChI=1S/C29H52O3Si2/c1-26(2,3)34(9,10)31-22-13-16-27(4)21(19-22)11-12-23-24(27)14-17-28(5)25(23)15-18-29(28,20-30)32-33(6,7)8/h11,20,22-25H,12-19H2,1-10H3/t22-,23+,24-,25-,27-,28-,29+/m0/s1. The highest BCUT2D eigenvalue weighted by molar-refractivity contribution is 6.74. The molecule has 4 aliphatic rings. The van der Waals surface area contributed by atoms with E-state index in [1.807, 2.05) is 0 Å². The van der Waals surface area contributed by atoms with Crippen LogP contribution in [0, 0.1) is 28.6 Å². The van der Waals surface area contributed by atoms with Crippen LogP contribution in [0.15, 0.2) is 11.6 Å². The number of allylic oxidation sites excluding steroid dienone is 1. The SMILES string of the molecule is CC(C)(C)[Si](C)(C)O[C@H]1CC[C@@]2(C)C(=CC[C@@H]3[C@@H]2CC[C@@]2(C)[C@H]3CC[C@]2(C=O)O[Si](C)(C)C)C1. The molecule has 0 aliphatic heterocycles. The average Bonchev–Trinajstić information content (AvgIpc) is 2.98. The van der Waals surface area contributed by atoms with Gasteiger partial charge in [0.2, 0.25) is 0 Å². The minimum atomic E-state index is -1.82. The highest BCUT2D eigenvalue weighted by atomic mass is 28.4. The van der Waals surface area contributed by atoms with Gasteiger partial charge in [-0.15, -0.1) is 0 Å². The molecule has 4 aliphatic carbocycles. The molecule has 0 radical (unpaired) electrons. The zero-order valence-electron chi connectivity index (χ0n) is 23.8. The Kier molecular flexibility index (Phi) is 6.62. The molecule has 194 valence electrons. The summed E-state index contributed by atoms with van der Waals surface area (Å²) < 4.78 is 13.6. The minimum absolute atomic E-state index is 0.0133. The van der Waals surface area contributed by atoms with Crippen molar-refractivity contribution in [3.63, 3.8) is 0 Å². The van der Waals surface area contributed by atoms with E-state index in [9.17, 15) is 4.79 Å². The van der Waals surface area contributed by atoms with Crippen molar-refractivity contribution in [2.45, 2.75) is 135 Å². The van der Waals surface area contributed by atoms with Crippen LogP contribution in [0.3, 0.4) is 0 Å². The maximum Gasteiger partial charge on any atom is 0.192 e. The van der Waals surface area contributed by atoms with E-state index >= 15 is 0 Å². The second kappa shape index (κ2) is 8.39. The first kappa shape index (κ1) is 26.8. The van der Waals surface area contributed by atoms with Crippen LogP contribution in [0.2, 0.25) is 37.8 Å². The van der Waals surface area contributed by atoms with E-state index in [4.69, 9.17) is 8.85 Å². The minimum Gasteiger partial charge on any atom is -0.414 e.